The van der Waals surface area contributed by atoms with Crippen molar-refractivity contribution < 1.29 is 19.0 Å². The van der Waals surface area contributed by atoms with Gasteiger partial charge in [0.15, 0.2) is 11.6 Å². The molecule has 1 fully saturated rings. The standard InChI is InChI=1S/C14H17FO3/c1-18-12-7-6-10(8-11(12)15)13(14(16)17)9-4-2-3-5-9/h6-9,13H,2-5H2,1H3,(H,16,17). The topological polar surface area (TPSA) is 46.5 Å². The predicted octanol–water partition coefficient (Wildman–Crippen LogP) is 3.19. The molecule has 1 atom stereocenters. The molecule has 1 aromatic rings. The van der Waals surface area contributed by atoms with Crippen molar-refractivity contribution in [1.29, 1.82) is 0 Å². The molecule has 1 saturated carbocycles. The summed E-state index contributed by atoms with van der Waals surface area (Å²) in [6, 6.07) is 4.44. The van der Waals surface area contributed by atoms with Crippen molar-refractivity contribution in [3.63, 3.8) is 0 Å². The van der Waals surface area contributed by atoms with E-state index in [-0.39, 0.29) is 11.7 Å². The van der Waals surface area contributed by atoms with Gasteiger partial charge in [-0.2, -0.15) is 0 Å². The number of benzene rings is 1. The number of carboxylic acids is 1. The Morgan fingerprint density at radius 3 is 2.61 bits per heavy atom. The van der Waals surface area contributed by atoms with Crippen LogP contribution in [0, 0.1) is 11.7 Å². The zero-order valence-corrected chi connectivity index (χ0v) is 10.4. The highest BCUT2D eigenvalue weighted by Crippen LogP contribution is 2.38. The number of halogens is 1. The molecule has 1 aliphatic rings. The molecule has 2 rings (SSSR count). The summed E-state index contributed by atoms with van der Waals surface area (Å²) in [6.45, 7) is 0. The van der Waals surface area contributed by atoms with Crippen LogP contribution in [-0.4, -0.2) is 18.2 Å². The Morgan fingerprint density at radius 1 is 1.44 bits per heavy atom. The summed E-state index contributed by atoms with van der Waals surface area (Å²) in [6.07, 6.45) is 3.94. The second-order valence-electron chi connectivity index (χ2n) is 4.75. The SMILES string of the molecule is COc1ccc(C(C(=O)O)C2CCCC2)cc1F. The van der Waals surface area contributed by atoms with Gasteiger partial charge in [-0.15, -0.1) is 0 Å². The van der Waals surface area contributed by atoms with Gasteiger partial charge in [-0.25, -0.2) is 4.39 Å². The Bertz CT molecular complexity index is 439. The molecule has 4 heteroatoms. The number of ether oxygens (including phenoxy) is 1. The molecule has 0 bridgehead atoms. The molecule has 0 aliphatic heterocycles. The maximum absolute atomic E-state index is 13.6. The quantitative estimate of drug-likeness (QED) is 0.895. The Labute approximate surface area is 106 Å². The van der Waals surface area contributed by atoms with E-state index in [0.29, 0.717) is 5.56 Å². The van der Waals surface area contributed by atoms with E-state index in [2.05, 4.69) is 0 Å². The van der Waals surface area contributed by atoms with Gasteiger partial charge in [0.1, 0.15) is 0 Å². The van der Waals surface area contributed by atoms with E-state index in [1.807, 2.05) is 0 Å². The summed E-state index contributed by atoms with van der Waals surface area (Å²) < 4.78 is 18.5. The molecule has 1 unspecified atom stereocenters. The van der Waals surface area contributed by atoms with Gasteiger partial charge in [-0.05, 0) is 36.5 Å². The van der Waals surface area contributed by atoms with Gasteiger partial charge < -0.3 is 9.84 Å². The largest absolute Gasteiger partial charge is 0.494 e. The molecular weight excluding hydrogens is 235 g/mol. The van der Waals surface area contributed by atoms with Crippen LogP contribution in [0.5, 0.6) is 5.75 Å². The van der Waals surface area contributed by atoms with Crippen molar-refractivity contribution in [2.45, 2.75) is 31.6 Å². The Morgan fingerprint density at radius 2 is 2.11 bits per heavy atom. The number of aliphatic carboxylic acids is 1. The van der Waals surface area contributed by atoms with Gasteiger partial charge in [0.2, 0.25) is 0 Å². The van der Waals surface area contributed by atoms with Crippen LogP contribution < -0.4 is 4.74 Å². The molecule has 0 amide bonds. The molecule has 98 valence electrons. The normalized spacial score (nSPS) is 17.7. The first-order valence-corrected chi connectivity index (χ1v) is 6.19. The minimum Gasteiger partial charge on any atom is -0.494 e. The fourth-order valence-corrected chi connectivity index (χ4v) is 2.78. The van der Waals surface area contributed by atoms with Crippen molar-refractivity contribution in [2.75, 3.05) is 7.11 Å². The summed E-state index contributed by atoms with van der Waals surface area (Å²) in [5, 5.41) is 9.35. The first-order valence-electron chi connectivity index (χ1n) is 6.19. The molecule has 1 aromatic carbocycles. The zero-order chi connectivity index (χ0) is 13.1. The highest BCUT2D eigenvalue weighted by molar-refractivity contribution is 5.76. The van der Waals surface area contributed by atoms with Gasteiger partial charge >= 0.3 is 5.97 Å². The first kappa shape index (κ1) is 12.9. The van der Waals surface area contributed by atoms with Gasteiger partial charge in [-0.3, -0.25) is 4.79 Å². The number of rotatable bonds is 4. The molecule has 3 nitrogen and oxygen atoms in total. The van der Waals surface area contributed by atoms with Crippen molar-refractivity contribution in [2.24, 2.45) is 5.92 Å². The van der Waals surface area contributed by atoms with Gasteiger partial charge in [0.25, 0.3) is 0 Å². The van der Waals surface area contributed by atoms with Gasteiger partial charge in [0.05, 0.1) is 13.0 Å². The summed E-state index contributed by atoms with van der Waals surface area (Å²) in [4.78, 5) is 11.4. The fourth-order valence-electron chi connectivity index (χ4n) is 2.78. The molecule has 1 N–H and O–H groups in total. The van der Waals surface area contributed by atoms with Crippen LogP contribution in [0.4, 0.5) is 4.39 Å². The number of hydrogen-bond acceptors (Lipinski definition) is 2. The number of carbonyl (C=O) groups is 1. The zero-order valence-electron chi connectivity index (χ0n) is 10.4. The third-order valence-corrected chi connectivity index (χ3v) is 3.67. The third-order valence-electron chi connectivity index (χ3n) is 3.67. The monoisotopic (exact) mass is 252 g/mol. The van der Waals surface area contributed by atoms with Crippen molar-refractivity contribution in [1.82, 2.24) is 0 Å². The minimum absolute atomic E-state index is 0.121. The van der Waals surface area contributed by atoms with Crippen LogP contribution in [0.2, 0.25) is 0 Å². The van der Waals surface area contributed by atoms with Crippen molar-refractivity contribution in [3.05, 3.63) is 29.6 Å². The van der Waals surface area contributed by atoms with E-state index in [1.165, 1.54) is 19.2 Å². The van der Waals surface area contributed by atoms with Crippen LogP contribution in [0.15, 0.2) is 18.2 Å². The van der Waals surface area contributed by atoms with E-state index in [9.17, 15) is 14.3 Å². The molecule has 0 heterocycles. The Hall–Kier alpha value is -1.58. The number of methoxy groups -OCH3 is 1. The molecule has 0 aromatic heterocycles. The second kappa shape index (κ2) is 5.38. The fraction of sp³-hybridized carbons (Fsp3) is 0.500. The van der Waals surface area contributed by atoms with Gasteiger partial charge in [-0.1, -0.05) is 18.9 Å². The van der Waals surface area contributed by atoms with Crippen LogP contribution in [0.1, 0.15) is 37.2 Å². The highest BCUT2D eigenvalue weighted by Gasteiger charge is 2.32. The molecule has 0 radical (unpaired) electrons. The van der Waals surface area contributed by atoms with E-state index < -0.39 is 17.7 Å². The lowest BCUT2D eigenvalue weighted by Gasteiger charge is -2.20. The molecule has 1 aliphatic carbocycles. The molecule has 0 saturated heterocycles. The summed E-state index contributed by atoms with van der Waals surface area (Å²) in [5.41, 5.74) is 0.535. The smallest absolute Gasteiger partial charge is 0.311 e. The molecular formula is C14H17FO3. The van der Waals surface area contributed by atoms with Crippen molar-refractivity contribution in [3.8, 4) is 5.75 Å². The van der Waals surface area contributed by atoms with Crippen LogP contribution in [-0.2, 0) is 4.79 Å². The lowest BCUT2D eigenvalue weighted by molar-refractivity contribution is -0.140. The predicted molar refractivity (Wildman–Crippen MR) is 65.3 cm³/mol. The maximum atomic E-state index is 13.6. The molecule has 18 heavy (non-hydrogen) atoms. The van der Waals surface area contributed by atoms with Crippen molar-refractivity contribution >= 4 is 5.97 Å². The van der Waals surface area contributed by atoms with Gasteiger partial charge in [0, 0.05) is 0 Å². The average Bonchev–Trinajstić information content (AvgIpc) is 2.82. The van der Waals surface area contributed by atoms with E-state index >= 15 is 0 Å². The highest BCUT2D eigenvalue weighted by atomic mass is 19.1. The third kappa shape index (κ3) is 2.47. The summed E-state index contributed by atoms with van der Waals surface area (Å²) >= 11 is 0. The lowest BCUT2D eigenvalue weighted by Crippen LogP contribution is -2.19. The van der Waals surface area contributed by atoms with E-state index in [0.717, 1.165) is 25.7 Å². The number of hydrogen-bond donors (Lipinski definition) is 1. The minimum atomic E-state index is -0.869. The van der Waals surface area contributed by atoms with Crippen LogP contribution >= 0.6 is 0 Å². The average molecular weight is 252 g/mol. The van der Waals surface area contributed by atoms with Crippen LogP contribution in [0.25, 0.3) is 0 Å². The lowest BCUT2D eigenvalue weighted by atomic mass is 9.85. The molecule has 0 spiro atoms. The second-order valence-corrected chi connectivity index (χ2v) is 4.75. The van der Waals surface area contributed by atoms with E-state index in [1.54, 1.807) is 6.07 Å². The summed E-state index contributed by atoms with van der Waals surface area (Å²) in [7, 11) is 1.39. The summed E-state index contributed by atoms with van der Waals surface area (Å²) in [5.74, 6) is -1.71. The number of carboxylic acid groups (broad SMARTS) is 1. The first-order chi connectivity index (χ1) is 8.63. The van der Waals surface area contributed by atoms with Crippen LogP contribution in [0.3, 0.4) is 0 Å². The maximum Gasteiger partial charge on any atom is 0.311 e. The Balaban J connectivity index is 2.30. The Kier molecular flexibility index (Phi) is 3.84. The van der Waals surface area contributed by atoms with E-state index in [4.69, 9.17) is 4.74 Å².